The van der Waals surface area contributed by atoms with Gasteiger partial charge in [0.05, 0.1) is 18.1 Å². The van der Waals surface area contributed by atoms with E-state index < -0.39 is 9.84 Å². The third-order valence-corrected chi connectivity index (χ3v) is 6.03. The Labute approximate surface area is 177 Å². The summed E-state index contributed by atoms with van der Waals surface area (Å²) in [5.41, 5.74) is 0.531. The number of halogens is 1. The van der Waals surface area contributed by atoms with Gasteiger partial charge >= 0.3 is 0 Å². The zero-order valence-corrected chi connectivity index (χ0v) is 18.1. The second kappa shape index (κ2) is 10.9. The summed E-state index contributed by atoms with van der Waals surface area (Å²) in [5.74, 6) is 1.11. The molecule has 0 heterocycles. The Morgan fingerprint density at radius 1 is 1.07 bits per heavy atom. The fourth-order valence-corrected chi connectivity index (χ4v) is 3.88. The predicted molar refractivity (Wildman–Crippen MR) is 115 cm³/mol. The highest BCUT2D eigenvalue weighted by Gasteiger charge is 2.21. The lowest BCUT2D eigenvalue weighted by atomic mass is 10.2. The first-order valence-electron chi connectivity index (χ1n) is 9.44. The van der Waals surface area contributed by atoms with Crippen LogP contribution in [-0.4, -0.2) is 21.6 Å². The molecule has 154 valence electrons. The van der Waals surface area contributed by atoms with E-state index >= 15 is 0 Å². The number of ether oxygens (including phenoxy) is 2. The van der Waals surface area contributed by atoms with Gasteiger partial charge in [-0.2, -0.15) is 5.26 Å². The molecule has 0 saturated heterocycles. The molecule has 0 bridgehead atoms. The van der Waals surface area contributed by atoms with Gasteiger partial charge in [-0.25, -0.2) is 8.42 Å². The van der Waals surface area contributed by atoms with E-state index in [0.717, 1.165) is 19.3 Å². The Kier molecular flexibility index (Phi) is 8.56. The topological polar surface area (TPSA) is 76.4 Å². The van der Waals surface area contributed by atoms with Crippen LogP contribution in [0.15, 0.2) is 52.3 Å². The van der Waals surface area contributed by atoms with Crippen LogP contribution in [0.25, 0.3) is 6.08 Å². The Morgan fingerprint density at radius 2 is 1.79 bits per heavy atom. The zero-order valence-electron chi connectivity index (χ0n) is 16.5. The molecule has 0 unspecified atom stereocenters. The van der Waals surface area contributed by atoms with Crippen LogP contribution in [0, 0.1) is 11.3 Å². The zero-order chi connectivity index (χ0) is 21.3. The second-order valence-corrected chi connectivity index (χ2v) is 8.63. The van der Waals surface area contributed by atoms with E-state index in [2.05, 4.69) is 6.92 Å². The summed E-state index contributed by atoms with van der Waals surface area (Å²) in [5, 5.41) is 9.87. The maximum atomic E-state index is 12.8. The van der Waals surface area contributed by atoms with Gasteiger partial charge in [-0.15, -0.1) is 0 Å². The molecule has 0 aromatic heterocycles. The van der Waals surface area contributed by atoms with E-state index in [4.69, 9.17) is 21.1 Å². The van der Waals surface area contributed by atoms with Gasteiger partial charge in [0, 0.05) is 5.02 Å². The minimum absolute atomic E-state index is 0.00982. The Hall–Kier alpha value is -2.49. The average Bonchev–Trinajstić information content (AvgIpc) is 2.71. The summed E-state index contributed by atoms with van der Waals surface area (Å²) in [6.45, 7) is 5.00. The molecule has 7 heteroatoms. The summed E-state index contributed by atoms with van der Waals surface area (Å²) in [6.07, 6.45) is 4.46. The average molecular weight is 434 g/mol. The molecule has 0 N–H and O–H groups in total. The number of unbranched alkanes of at least 4 members (excludes halogenated alkanes) is 2. The van der Waals surface area contributed by atoms with Gasteiger partial charge in [-0.05, 0) is 61.4 Å². The number of benzene rings is 2. The summed E-state index contributed by atoms with van der Waals surface area (Å²) in [7, 11) is -3.95. The van der Waals surface area contributed by atoms with Gasteiger partial charge in [0.25, 0.3) is 0 Å². The molecule has 0 aliphatic rings. The van der Waals surface area contributed by atoms with Crippen LogP contribution in [0.2, 0.25) is 5.02 Å². The number of allylic oxidation sites excluding steroid dienone is 1. The van der Waals surface area contributed by atoms with Crippen molar-refractivity contribution < 1.29 is 17.9 Å². The molecule has 2 rings (SSSR count). The molecule has 5 nitrogen and oxygen atoms in total. The fraction of sp³-hybridized carbons (Fsp3) is 0.318. The molecule has 0 spiro atoms. The molecule has 2 aromatic rings. The van der Waals surface area contributed by atoms with Crippen molar-refractivity contribution in [3.63, 3.8) is 0 Å². The van der Waals surface area contributed by atoms with Gasteiger partial charge in [0.2, 0.25) is 9.84 Å². The standard InChI is InChI=1S/C22H24ClNO4S/c1-3-5-6-13-28-21-12-7-17(15-22(21)27-4-2)14-20(16-24)29(25,26)19-10-8-18(23)9-11-19/h7-12,14-15H,3-6,13H2,1-2H3. The number of hydrogen-bond donors (Lipinski definition) is 0. The summed E-state index contributed by atoms with van der Waals surface area (Å²) in [4.78, 5) is -0.352. The third-order valence-electron chi connectivity index (χ3n) is 4.09. The number of nitriles is 1. The molecule has 0 atom stereocenters. The number of sulfone groups is 1. The van der Waals surface area contributed by atoms with E-state index in [1.54, 1.807) is 24.3 Å². The van der Waals surface area contributed by atoms with Crippen molar-refractivity contribution in [2.45, 2.75) is 38.0 Å². The van der Waals surface area contributed by atoms with Crippen LogP contribution >= 0.6 is 11.6 Å². The molecule has 0 radical (unpaired) electrons. The Balaban J connectivity index is 2.33. The predicted octanol–water partition coefficient (Wildman–Crippen LogP) is 5.65. The molecule has 29 heavy (non-hydrogen) atoms. The van der Waals surface area contributed by atoms with E-state index in [9.17, 15) is 13.7 Å². The van der Waals surface area contributed by atoms with E-state index in [1.165, 1.54) is 30.3 Å². The normalized spacial score (nSPS) is 11.7. The third kappa shape index (κ3) is 6.25. The van der Waals surface area contributed by atoms with Crippen molar-refractivity contribution >= 4 is 27.5 Å². The first-order chi connectivity index (χ1) is 13.9. The molecule has 0 amide bonds. The minimum Gasteiger partial charge on any atom is -0.490 e. The van der Waals surface area contributed by atoms with Gasteiger partial charge in [-0.3, -0.25) is 0 Å². The molecular formula is C22H24ClNO4S. The SMILES string of the molecule is CCCCCOc1ccc(C=C(C#N)S(=O)(=O)c2ccc(Cl)cc2)cc1OCC. The highest BCUT2D eigenvalue weighted by molar-refractivity contribution is 7.95. The summed E-state index contributed by atoms with van der Waals surface area (Å²) >= 11 is 5.82. The number of hydrogen-bond acceptors (Lipinski definition) is 5. The first kappa shape index (κ1) is 22.8. The molecule has 2 aromatic carbocycles. The molecular weight excluding hydrogens is 410 g/mol. The van der Waals surface area contributed by atoms with E-state index in [0.29, 0.717) is 35.3 Å². The lowest BCUT2D eigenvalue weighted by molar-refractivity contribution is 0.271. The monoisotopic (exact) mass is 433 g/mol. The maximum Gasteiger partial charge on any atom is 0.216 e. The summed E-state index contributed by atoms with van der Waals surface area (Å²) in [6, 6.07) is 12.6. The largest absolute Gasteiger partial charge is 0.490 e. The maximum absolute atomic E-state index is 12.8. The highest BCUT2D eigenvalue weighted by atomic mass is 35.5. The smallest absolute Gasteiger partial charge is 0.216 e. The lowest BCUT2D eigenvalue weighted by Gasteiger charge is -2.12. The van der Waals surface area contributed by atoms with Gasteiger partial charge in [0.15, 0.2) is 11.5 Å². The second-order valence-electron chi connectivity index (χ2n) is 6.27. The fourth-order valence-electron chi connectivity index (χ4n) is 2.60. The number of nitrogens with zero attached hydrogens (tertiary/aromatic N) is 1. The van der Waals surface area contributed by atoms with Crippen molar-refractivity contribution in [2.24, 2.45) is 0 Å². The Morgan fingerprint density at radius 3 is 2.41 bits per heavy atom. The molecule has 0 aliphatic heterocycles. The lowest BCUT2D eigenvalue weighted by Crippen LogP contribution is -2.04. The van der Waals surface area contributed by atoms with Crippen LogP contribution in [0.1, 0.15) is 38.7 Å². The van der Waals surface area contributed by atoms with Crippen LogP contribution in [-0.2, 0) is 9.84 Å². The highest BCUT2D eigenvalue weighted by Crippen LogP contribution is 2.31. The van der Waals surface area contributed by atoms with Crippen molar-refractivity contribution in [3.05, 3.63) is 58.0 Å². The Bertz CT molecular complexity index is 992. The van der Waals surface area contributed by atoms with Crippen molar-refractivity contribution in [3.8, 4) is 17.6 Å². The van der Waals surface area contributed by atoms with Gasteiger partial charge in [-0.1, -0.05) is 37.4 Å². The number of rotatable bonds is 10. The van der Waals surface area contributed by atoms with Crippen molar-refractivity contribution in [1.82, 2.24) is 0 Å². The van der Waals surface area contributed by atoms with Gasteiger partial charge in [0.1, 0.15) is 11.0 Å². The van der Waals surface area contributed by atoms with Crippen molar-refractivity contribution in [1.29, 1.82) is 5.26 Å². The van der Waals surface area contributed by atoms with Crippen LogP contribution in [0.4, 0.5) is 0 Å². The summed E-state index contributed by atoms with van der Waals surface area (Å²) < 4.78 is 37.0. The molecule has 0 saturated carbocycles. The van der Waals surface area contributed by atoms with Crippen molar-refractivity contribution in [2.75, 3.05) is 13.2 Å². The van der Waals surface area contributed by atoms with Crippen LogP contribution in [0.3, 0.4) is 0 Å². The van der Waals surface area contributed by atoms with Crippen LogP contribution < -0.4 is 9.47 Å². The minimum atomic E-state index is -3.95. The molecule has 0 aliphatic carbocycles. The van der Waals surface area contributed by atoms with E-state index in [1.807, 2.05) is 6.92 Å². The molecule has 0 fully saturated rings. The van der Waals surface area contributed by atoms with Gasteiger partial charge < -0.3 is 9.47 Å². The first-order valence-corrected chi connectivity index (χ1v) is 11.3. The van der Waals surface area contributed by atoms with Crippen LogP contribution in [0.5, 0.6) is 11.5 Å². The quantitative estimate of drug-likeness (QED) is 0.357. The van der Waals surface area contributed by atoms with E-state index in [-0.39, 0.29) is 9.80 Å².